The van der Waals surface area contributed by atoms with Crippen molar-refractivity contribution in [2.24, 2.45) is 0 Å². The van der Waals surface area contributed by atoms with Crippen molar-refractivity contribution in [1.29, 1.82) is 0 Å². The van der Waals surface area contributed by atoms with E-state index >= 15 is 0 Å². The highest BCUT2D eigenvalue weighted by molar-refractivity contribution is 6.36. The Morgan fingerprint density at radius 1 is 1.00 bits per heavy atom. The maximum atomic E-state index is 4.71. The van der Waals surface area contributed by atoms with Crippen molar-refractivity contribution in [2.45, 2.75) is 0 Å². The quantitative estimate of drug-likeness (QED) is 0.736. The minimum Gasteiger partial charge on any atom is -0.375 e. The van der Waals surface area contributed by atoms with Crippen molar-refractivity contribution in [3.63, 3.8) is 0 Å². The van der Waals surface area contributed by atoms with Crippen LogP contribution in [-0.4, -0.2) is 30.9 Å². The van der Waals surface area contributed by atoms with Gasteiger partial charge in [-0.25, -0.2) is 0 Å². The van der Waals surface area contributed by atoms with Gasteiger partial charge in [-0.05, 0) is 5.56 Å². The largest absolute Gasteiger partial charge is 0.576 e. The molecule has 0 heterocycles. The lowest BCUT2D eigenvalue weighted by Crippen LogP contribution is -2.21. The molecule has 0 aliphatic carbocycles. The van der Waals surface area contributed by atoms with Crippen LogP contribution in [0.25, 0.3) is 6.08 Å². The Balaban J connectivity index is 0.000000265. The Bertz CT molecular complexity index is 242. The molecule has 0 aliphatic heterocycles. The van der Waals surface area contributed by atoms with Gasteiger partial charge in [0.1, 0.15) is 0 Å². The number of rotatable bonds is 4. The standard InChI is InChI=1S/C8H8.C3H9O3Si/c1-2-8-6-4-3-5-7-8;1-4-7(5-2)6-3/h2-7H,1H2;1-3H3. The van der Waals surface area contributed by atoms with Crippen LogP contribution >= 0.6 is 0 Å². The molecule has 1 radical (unpaired) electrons. The van der Waals surface area contributed by atoms with Crippen molar-refractivity contribution in [3.8, 4) is 0 Å². The van der Waals surface area contributed by atoms with Crippen molar-refractivity contribution in [3.05, 3.63) is 42.5 Å². The summed E-state index contributed by atoms with van der Waals surface area (Å²) in [5.74, 6) is 0. The average Bonchev–Trinajstić information content (AvgIpc) is 2.33. The second-order valence-electron chi connectivity index (χ2n) is 2.48. The predicted octanol–water partition coefficient (Wildman–Crippen LogP) is 2.24. The van der Waals surface area contributed by atoms with Gasteiger partial charge < -0.3 is 13.3 Å². The van der Waals surface area contributed by atoms with E-state index in [1.807, 2.05) is 36.4 Å². The third-order valence-corrected chi connectivity index (χ3v) is 2.54. The Labute approximate surface area is 93.3 Å². The van der Waals surface area contributed by atoms with Crippen molar-refractivity contribution in [2.75, 3.05) is 21.3 Å². The number of hydrogen-bond acceptors (Lipinski definition) is 3. The topological polar surface area (TPSA) is 27.7 Å². The summed E-state index contributed by atoms with van der Waals surface area (Å²) in [5, 5.41) is 0. The fourth-order valence-electron chi connectivity index (χ4n) is 0.839. The second kappa shape index (κ2) is 9.61. The molecule has 0 fully saturated rings. The molecule has 0 aromatic heterocycles. The van der Waals surface area contributed by atoms with Crippen LogP contribution in [-0.2, 0) is 13.3 Å². The third-order valence-electron chi connectivity index (χ3n) is 1.54. The fraction of sp³-hybridized carbons (Fsp3) is 0.273. The van der Waals surface area contributed by atoms with Crippen LogP contribution in [0.2, 0.25) is 0 Å². The van der Waals surface area contributed by atoms with Crippen LogP contribution < -0.4 is 0 Å². The SMILES string of the molecule is C=Cc1ccccc1.CO[Si](OC)OC. The Hall–Kier alpha value is -0.943. The summed E-state index contributed by atoms with van der Waals surface area (Å²) in [5.41, 5.74) is 1.17. The highest BCUT2D eigenvalue weighted by Gasteiger charge is 2.09. The first-order chi connectivity index (χ1) is 7.28. The van der Waals surface area contributed by atoms with E-state index in [9.17, 15) is 0 Å². The first-order valence-electron chi connectivity index (χ1n) is 4.44. The second-order valence-corrected chi connectivity index (χ2v) is 4.20. The number of benzene rings is 1. The van der Waals surface area contributed by atoms with Gasteiger partial charge in [0.25, 0.3) is 0 Å². The summed E-state index contributed by atoms with van der Waals surface area (Å²) < 4.78 is 14.1. The molecule has 1 aromatic carbocycles. The van der Waals surface area contributed by atoms with Crippen LogP contribution in [0, 0.1) is 0 Å². The molecule has 0 unspecified atom stereocenters. The highest BCUT2D eigenvalue weighted by atomic mass is 28.3. The molecule has 0 amide bonds. The maximum absolute atomic E-state index is 4.71. The zero-order chi connectivity index (χ0) is 11.5. The van der Waals surface area contributed by atoms with Gasteiger partial charge in [0.05, 0.1) is 0 Å². The van der Waals surface area contributed by atoms with E-state index in [4.69, 9.17) is 13.3 Å². The molecule has 83 valence electrons. The zero-order valence-electron chi connectivity index (χ0n) is 9.40. The monoisotopic (exact) mass is 225 g/mol. The van der Waals surface area contributed by atoms with Crippen LogP contribution in [0.5, 0.6) is 0 Å². The van der Waals surface area contributed by atoms with Gasteiger partial charge in [-0.3, -0.25) is 0 Å². The fourth-order valence-corrected chi connectivity index (χ4v) is 1.34. The molecule has 1 rings (SSSR count). The molecular formula is C11H17O3Si. The Morgan fingerprint density at radius 2 is 1.47 bits per heavy atom. The van der Waals surface area contributed by atoms with E-state index in [2.05, 4.69) is 6.58 Å². The van der Waals surface area contributed by atoms with Gasteiger partial charge in [0, 0.05) is 21.3 Å². The van der Waals surface area contributed by atoms with Gasteiger partial charge >= 0.3 is 9.53 Å². The number of hydrogen-bond donors (Lipinski definition) is 0. The van der Waals surface area contributed by atoms with Crippen LogP contribution in [0.1, 0.15) is 5.56 Å². The van der Waals surface area contributed by atoms with E-state index < -0.39 is 9.53 Å². The first kappa shape index (κ1) is 14.1. The predicted molar refractivity (Wildman–Crippen MR) is 63.3 cm³/mol. The average molecular weight is 225 g/mol. The van der Waals surface area contributed by atoms with Gasteiger partial charge in [-0.1, -0.05) is 43.0 Å². The molecule has 0 bridgehead atoms. The molecule has 3 nitrogen and oxygen atoms in total. The van der Waals surface area contributed by atoms with Gasteiger partial charge in [-0.15, -0.1) is 0 Å². The molecule has 0 saturated carbocycles. The smallest absolute Gasteiger partial charge is 0.375 e. The molecule has 1 aromatic rings. The molecule has 0 atom stereocenters. The zero-order valence-corrected chi connectivity index (χ0v) is 10.4. The molecule has 0 saturated heterocycles. The van der Waals surface area contributed by atoms with Crippen molar-refractivity contribution < 1.29 is 13.3 Å². The third kappa shape index (κ3) is 7.04. The van der Waals surface area contributed by atoms with Crippen LogP contribution in [0.4, 0.5) is 0 Å². The van der Waals surface area contributed by atoms with E-state index in [1.165, 1.54) is 5.56 Å². The molecule has 4 heteroatoms. The first-order valence-corrected chi connectivity index (χ1v) is 5.67. The van der Waals surface area contributed by atoms with Gasteiger partial charge in [-0.2, -0.15) is 0 Å². The molecule has 0 N–H and O–H groups in total. The lowest BCUT2D eigenvalue weighted by atomic mass is 10.2. The van der Waals surface area contributed by atoms with E-state index in [0.717, 1.165) is 0 Å². The summed E-state index contributed by atoms with van der Waals surface area (Å²) in [6, 6.07) is 10.0. The Morgan fingerprint density at radius 3 is 1.67 bits per heavy atom. The van der Waals surface area contributed by atoms with Crippen LogP contribution in [0.3, 0.4) is 0 Å². The summed E-state index contributed by atoms with van der Waals surface area (Å²) in [4.78, 5) is 0. The minimum absolute atomic E-state index is 1.17. The van der Waals surface area contributed by atoms with E-state index in [-0.39, 0.29) is 0 Å². The lowest BCUT2D eigenvalue weighted by molar-refractivity contribution is 0.163. The summed E-state index contributed by atoms with van der Waals surface area (Å²) in [6.07, 6.45) is 1.83. The maximum Gasteiger partial charge on any atom is 0.576 e. The molecule has 0 spiro atoms. The summed E-state index contributed by atoms with van der Waals surface area (Å²) >= 11 is 0. The highest BCUT2D eigenvalue weighted by Crippen LogP contribution is 1.97. The van der Waals surface area contributed by atoms with E-state index in [1.54, 1.807) is 21.3 Å². The van der Waals surface area contributed by atoms with Gasteiger partial charge in [0.2, 0.25) is 0 Å². The minimum atomic E-state index is -1.36. The van der Waals surface area contributed by atoms with E-state index in [0.29, 0.717) is 0 Å². The lowest BCUT2D eigenvalue weighted by Gasteiger charge is -2.02. The molecular weight excluding hydrogens is 208 g/mol. The summed E-state index contributed by atoms with van der Waals surface area (Å²) in [7, 11) is 3.31. The Kier molecular flexibility index (Phi) is 9.00. The van der Waals surface area contributed by atoms with Crippen LogP contribution in [0.15, 0.2) is 36.9 Å². The van der Waals surface area contributed by atoms with Crippen molar-refractivity contribution in [1.82, 2.24) is 0 Å². The molecule has 0 aliphatic rings. The summed E-state index contributed by atoms with van der Waals surface area (Å²) in [6.45, 7) is 3.63. The molecule has 15 heavy (non-hydrogen) atoms. The normalized spacial score (nSPS) is 9.33. The van der Waals surface area contributed by atoms with Gasteiger partial charge in [0.15, 0.2) is 0 Å². The van der Waals surface area contributed by atoms with Crippen molar-refractivity contribution >= 4 is 15.6 Å².